The van der Waals surface area contributed by atoms with Gasteiger partial charge in [-0.25, -0.2) is 8.78 Å². The van der Waals surface area contributed by atoms with E-state index in [2.05, 4.69) is 15.6 Å². The maximum Gasteiger partial charge on any atom is 0.242 e. The monoisotopic (exact) mass is 295 g/mol. The summed E-state index contributed by atoms with van der Waals surface area (Å²) < 4.78 is 26.8. The van der Waals surface area contributed by atoms with Crippen LogP contribution in [0.3, 0.4) is 0 Å². The highest BCUT2D eigenvalue weighted by Crippen LogP contribution is 2.29. The van der Waals surface area contributed by atoms with Gasteiger partial charge in [-0.15, -0.1) is 0 Å². The Morgan fingerprint density at radius 2 is 1.95 bits per heavy atom. The molecular weight excluding hydrogens is 280 g/mol. The van der Waals surface area contributed by atoms with Crippen molar-refractivity contribution in [3.63, 3.8) is 0 Å². The average Bonchev–Trinajstić information content (AvgIpc) is 2.53. The van der Waals surface area contributed by atoms with Crippen LogP contribution < -0.4 is 10.6 Å². The molecule has 7 heteroatoms. The number of hydrogen-bond acceptors (Lipinski definition) is 3. The highest BCUT2D eigenvalue weighted by molar-refractivity contribution is 6.23. The van der Waals surface area contributed by atoms with Gasteiger partial charge in [-0.3, -0.25) is 14.6 Å². The summed E-state index contributed by atoms with van der Waals surface area (Å²) in [5.74, 6) is -4.32. The van der Waals surface area contributed by atoms with Crippen molar-refractivity contribution in [2.24, 2.45) is 10.9 Å². The Kier molecular flexibility index (Phi) is 4.62. The summed E-state index contributed by atoms with van der Waals surface area (Å²) in [6.45, 7) is 2.50. The number of halogens is 2. The molecule has 1 unspecified atom stereocenters. The van der Waals surface area contributed by atoms with Crippen LogP contribution in [0, 0.1) is 17.6 Å². The van der Waals surface area contributed by atoms with Crippen molar-refractivity contribution in [3.05, 3.63) is 23.8 Å². The first-order chi connectivity index (χ1) is 10.0. The van der Waals surface area contributed by atoms with Crippen molar-refractivity contribution < 1.29 is 18.4 Å². The standard InChI is InChI=1S/C14H15F2N3O2/c1-2-3-4-17-7-9-13(20)18-11-6-8(15)5-10(16)12(11)19-14(9)21/h5-7,9H,2-4H2,1H3,(H,18,20)(H,19,21). The van der Waals surface area contributed by atoms with Crippen LogP contribution in [0.2, 0.25) is 0 Å². The first kappa shape index (κ1) is 15.1. The topological polar surface area (TPSA) is 70.6 Å². The molecule has 5 nitrogen and oxygen atoms in total. The zero-order valence-electron chi connectivity index (χ0n) is 11.5. The van der Waals surface area contributed by atoms with Crippen LogP contribution in [0.4, 0.5) is 20.2 Å². The maximum atomic E-state index is 13.7. The molecule has 2 rings (SSSR count). The van der Waals surface area contributed by atoms with Gasteiger partial charge in [-0.2, -0.15) is 0 Å². The molecular formula is C14H15F2N3O2. The molecule has 0 saturated carbocycles. The number of nitrogens with zero attached hydrogens (tertiary/aromatic N) is 1. The van der Waals surface area contributed by atoms with Gasteiger partial charge >= 0.3 is 0 Å². The van der Waals surface area contributed by atoms with Gasteiger partial charge < -0.3 is 10.6 Å². The van der Waals surface area contributed by atoms with Gasteiger partial charge in [-0.1, -0.05) is 13.3 Å². The van der Waals surface area contributed by atoms with Gasteiger partial charge in [0.15, 0.2) is 11.7 Å². The van der Waals surface area contributed by atoms with E-state index in [0.717, 1.165) is 18.9 Å². The number of anilines is 2. The molecule has 1 aliphatic heterocycles. The highest BCUT2D eigenvalue weighted by Gasteiger charge is 2.31. The van der Waals surface area contributed by atoms with Gasteiger partial charge in [0, 0.05) is 18.8 Å². The molecule has 1 atom stereocenters. The Labute approximate surface area is 120 Å². The van der Waals surface area contributed by atoms with E-state index in [1.807, 2.05) is 6.92 Å². The molecule has 1 aliphatic rings. The summed E-state index contributed by atoms with van der Waals surface area (Å²) in [5, 5.41) is 4.62. The Balaban J connectivity index is 2.24. The molecule has 0 fully saturated rings. The number of aliphatic imine (C=N–C) groups is 1. The quantitative estimate of drug-likeness (QED) is 0.508. The number of nitrogens with one attached hydrogen (secondary N) is 2. The second-order valence-electron chi connectivity index (χ2n) is 4.68. The van der Waals surface area contributed by atoms with Crippen LogP contribution in [0.15, 0.2) is 17.1 Å². The molecule has 1 heterocycles. The molecule has 0 saturated heterocycles. The van der Waals surface area contributed by atoms with E-state index in [1.165, 1.54) is 6.21 Å². The fraction of sp³-hybridized carbons (Fsp3) is 0.357. The Morgan fingerprint density at radius 1 is 1.24 bits per heavy atom. The largest absolute Gasteiger partial charge is 0.323 e. The van der Waals surface area contributed by atoms with Crippen LogP contribution >= 0.6 is 0 Å². The van der Waals surface area contributed by atoms with Crippen molar-refractivity contribution in [3.8, 4) is 0 Å². The Morgan fingerprint density at radius 3 is 2.67 bits per heavy atom. The molecule has 2 amide bonds. The third-order valence-corrected chi connectivity index (χ3v) is 3.02. The van der Waals surface area contributed by atoms with Crippen molar-refractivity contribution in [1.29, 1.82) is 0 Å². The number of benzene rings is 1. The van der Waals surface area contributed by atoms with Crippen molar-refractivity contribution in [2.75, 3.05) is 17.2 Å². The van der Waals surface area contributed by atoms with E-state index in [9.17, 15) is 18.4 Å². The van der Waals surface area contributed by atoms with Crippen LogP contribution in [-0.2, 0) is 9.59 Å². The average molecular weight is 295 g/mol. The molecule has 0 bridgehead atoms. The minimum Gasteiger partial charge on any atom is -0.323 e. The van der Waals surface area contributed by atoms with Gasteiger partial charge in [-0.05, 0) is 12.5 Å². The van der Waals surface area contributed by atoms with Crippen LogP contribution in [0.25, 0.3) is 0 Å². The van der Waals surface area contributed by atoms with Gasteiger partial charge in [0.2, 0.25) is 11.8 Å². The molecule has 0 aliphatic carbocycles. The Hall–Kier alpha value is -2.31. The summed E-state index contributed by atoms with van der Waals surface area (Å²) in [7, 11) is 0. The number of rotatable bonds is 4. The fourth-order valence-electron chi connectivity index (χ4n) is 1.89. The maximum absolute atomic E-state index is 13.7. The first-order valence-corrected chi connectivity index (χ1v) is 6.63. The van der Waals surface area contributed by atoms with Crippen LogP contribution in [-0.4, -0.2) is 24.6 Å². The van der Waals surface area contributed by atoms with Crippen LogP contribution in [0.5, 0.6) is 0 Å². The third-order valence-electron chi connectivity index (χ3n) is 3.02. The van der Waals surface area contributed by atoms with Gasteiger partial charge in [0.05, 0.1) is 5.69 Å². The number of hydrogen-bond donors (Lipinski definition) is 2. The number of carbonyl (C=O) groups excluding carboxylic acids is 2. The van der Waals surface area contributed by atoms with Gasteiger partial charge in [0.1, 0.15) is 11.5 Å². The van der Waals surface area contributed by atoms with Crippen molar-refractivity contribution >= 4 is 29.4 Å². The van der Waals surface area contributed by atoms with E-state index >= 15 is 0 Å². The van der Waals surface area contributed by atoms with Crippen LogP contribution in [0.1, 0.15) is 19.8 Å². The van der Waals surface area contributed by atoms with E-state index in [-0.39, 0.29) is 11.4 Å². The number of fused-ring (bicyclic) bond motifs is 1. The molecule has 0 radical (unpaired) electrons. The molecule has 1 aromatic carbocycles. The van der Waals surface area contributed by atoms with E-state index < -0.39 is 29.4 Å². The Bertz CT molecular complexity index is 602. The smallest absolute Gasteiger partial charge is 0.242 e. The zero-order chi connectivity index (χ0) is 15.4. The van der Waals surface area contributed by atoms with E-state index in [1.54, 1.807) is 0 Å². The number of carbonyl (C=O) groups is 2. The SMILES string of the molecule is CCCCN=CC1C(=O)Nc2cc(F)cc(F)c2NC1=O. The lowest BCUT2D eigenvalue weighted by Gasteiger charge is -2.07. The summed E-state index contributed by atoms with van der Waals surface area (Å²) in [4.78, 5) is 27.9. The molecule has 0 spiro atoms. The minimum atomic E-state index is -1.17. The zero-order valence-corrected chi connectivity index (χ0v) is 11.5. The minimum absolute atomic E-state index is 0.102. The third kappa shape index (κ3) is 3.42. The molecule has 0 aromatic heterocycles. The lowest BCUT2D eigenvalue weighted by atomic mass is 10.1. The van der Waals surface area contributed by atoms with Crippen molar-refractivity contribution in [2.45, 2.75) is 19.8 Å². The summed E-state index contributed by atoms with van der Waals surface area (Å²) in [6.07, 6.45) is 3.02. The lowest BCUT2D eigenvalue weighted by Crippen LogP contribution is -2.32. The number of unbranched alkanes of at least 4 members (excludes halogenated alkanes) is 1. The molecule has 2 N–H and O–H groups in total. The van der Waals surface area contributed by atoms with Crippen molar-refractivity contribution in [1.82, 2.24) is 0 Å². The normalized spacial score (nSPS) is 18.1. The highest BCUT2D eigenvalue weighted by atomic mass is 19.1. The summed E-state index contributed by atoms with van der Waals surface area (Å²) in [6, 6.07) is 1.59. The predicted octanol–water partition coefficient (Wildman–Crippen LogP) is 2.34. The molecule has 1 aromatic rings. The predicted molar refractivity (Wildman–Crippen MR) is 75.4 cm³/mol. The molecule has 112 valence electrons. The first-order valence-electron chi connectivity index (χ1n) is 6.63. The number of amides is 2. The summed E-state index contributed by atoms with van der Waals surface area (Å²) in [5.41, 5.74) is -0.338. The van der Waals surface area contributed by atoms with E-state index in [0.29, 0.717) is 12.6 Å². The second-order valence-corrected chi connectivity index (χ2v) is 4.68. The molecule has 21 heavy (non-hydrogen) atoms. The lowest BCUT2D eigenvalue weighted by molar-refractivity contribution is -0.126. The summed E-state index contributed by atoms with van der Waals surface area (Å²) >= 11 is 0. The van der Waals surface area contributed by atoms with Gasteiger partial charge in [0.25, 0.3) is 0 Å². The van der Waals surface area contributed by atoms with E-state index in [4.69, 9.17) is 0 Å². The fourth-order valence-corrected chi connectivity index (χ4v) is 1.89. The second kappa shape index (κ2) is 6.43.